The molecule has 4 rings (SSSR count). The number of rotatable bonds is 3. The lowest BCUT2D eigenvalue weighted by Crippen LogP contribution is -2.05. The average Bonchev–Trinajstić information content (AvgIpc) is 2.97. The van der Waals surface area contributed by atoms with Crippen LogP contribution in [0.25, 0.3) is 16.9 Å². The second kappa shape index (κ2) is 6.39. The van der Waals surface area contributed by atoms with Crippen molar-refractivity contribution in [2.75, 3.05) is 5.32 Å². The molecule has 0 bridgehead atoms. The minimum Gasteiger partial charge on any atom is -0.339 e. The number of fused-ring (bicyclic) bond motifs is 1. The van der Waals surface area contributed by atoms with Crippen molar-refractivity contribution in [1.29, 1.82) is 0 Å². The van der Waals surface area contributed by atoms with Gasteiger partial charge < -0.3 is 5.32 Å². The molecule has 0 amide bonds. The largest absolute Gasteiger partial charge is 0.416 e. The first-order valence-electron chi connectivity index (χ1n) is 8.12. The number of anilines is 2. The predicted octanol–water partition coefficient (Wildman–Crippen LogP) is 4.89. The number of aromatic nitrogens is 4. The molecule has 0 aliphatic rings. The Balaban J connectivity index is 1.66. The molecule has 2 aromatic heterocycles. The zero-order valence-electron chi connectivity index (χ0n) is 14.2. The van der Waals surface area contributed by atoms with Gasteiger partial charge in [0.15, 0.2) is 11.6 Å². The van der Waals surface area contributed by atoms with Crippen LogP contribution in [0.4, 0.5) is 24.7 Å². The van der Waals surface area contributed by atoms with E-state index in [1.807, 2.05) is 35.8 Å². The summed E-state index contributed by atoms with van der Waals surface area (Å²) in [5.74, 6) is 1.75. The summed E-state index contributed by atoms with van der Waals surface area (Å²) in [5, 5.41) is 2.98. The quantitative estimate of drug-likeness (QED) is 0.559. The molecule has 2 aromatic carbocycles. The van der Waals surface area contributed by atoms with Crippen LogP contribution in [0, 0.1) is 6.92 Å². The van der Waals surface area contributed by atoms with Gasteiger partial charge in [-0.25, -0.2) is 9.97 Å². The van der Waals surface area contributed by atoms with Gasteiger partial charge in [0.1, 0.15) is 5.82 Å². The smallest absolute Gasteiger partial charge is 0.339 e. The molecule has 0 saturated carbocycles. The molecule has 0 fully saturated rings. The Morgan fingerprint density at radius 1 is 0.926 bits per heavy atom. The fourth-order valence-electron chi connectivity index (χ4n) is 2.85. The molecule has 4 aromatic rings. The summed E-state index contributed by atoms with van der Waals surface area (Å²) in [6, 6.07) is 12.4. The minimum absolute atomic E-state index is 0.421. The van der Waals surface area contributed by atoms with Crippen LogP contribution in [0.15, 0.2) is 60.9 Å². The van der Waals surface area contributed by atoms with Crippen LogP contribution in [-0.4, -0.2) is 19.5 Å². The highest BCUT2D eigenvalue weighted by molar-refractivity contribution is 5.77. The number of nitrogens with zero attached hydrogens (tertiary/aromatic N) is 4. The molecule has 8 heteroatoms. The van der Waals surface area contributed by atoms with E-state index < -0.39 is 11.7 Å². The molecule has 27 heavy (non-hydrogen) atoms. The Morgan fingerprint density at radius 3 is 2.41 bits per heavy atom. The molecular formula is C19H14F3N5. The molecule has 0 aliphatic heterocycles. The van der Waals surface area contributed by atoms with Gasteiger partial charge in [0, 0.05) is 5.69 Å². The van der Waals surface area contributed by atoms with Crippen molar-refractivity contribution in [2.24, 2.45) is 0 Å². The van der Waals surface area contributed by atoms with Crippen molar-refractivity contribution < 1.29 is 13.2 Å². The van der Waals surface area contributed by atoms with E-state index in [4.69, 9.17) is 0 Å². The van der Waals surface area contributed by atoms with E-state index in [1.54, 1.807) is 6.20 Å². The maximum atomic E-state index is 12.7. The molecule has 0 aliphatic carbocycles. The number of nitrogens with one attached hydrogen (secondary N) is 1. The van der Waals surface area contributed by atoms with Gasteiger partial charge in [-0.05, 0) is 43.3 Å². The van der Waals surface area contributed by atoms with Gasteiger partial charge in [-0.3, -0.25) is 9.55 Å². The Hall–Kier alpha value is -3.42. The van der Waals surface area contributed by atoms with Crippen LogP contribution in [0.3, 0.4) is 0 Å². The lowest BCUT2D eigenvalue weighted by molar-refractivity contribution is -0.137. The number of halogens is 3. The lowest BCUT2D eigenvalue weighted by Gasteiger charge is -2.10. The lowest BCUT2D eigenvalue weighted by atomic mass is 10.2. The van der Waals surface area contributed by atoms with Gasteiger partial charge in [-0.2, -0.15) is 13.2 Å². The molecule has 2 heterocycles. The number of alkyl halides is 3. The third-order valence-electron chi connectivity index (χ3n) is 4.06. The number of hydrogen-bond acceptors (Lipinski definition) is 4. The first-order chi connectivity index (χ1) is 12.9. The monoisotopic (exact) mass is 369 g/mol. The Kier molecular flexibility index (Phi) is 4.02. The second-order valence-corrected chi connectivity index (χ2v) is 5.95. The second-order valence-electron chi connectivity index (χ2n) is 5.95. The van der Waals surface area contributed by atoms with E-state index >= 15 is 0 Å². The van der Waals surface area contributed by atoms with Gasteiger partial charge >= 0.3 is 6.18 Å². The molecular weight excluding hydrogens is 355 g/mol. The van der Waals surface area contributed by atoms with Crippen molar-refractivity contribution in [3.8, 4) is 5.82 Å². The summed E-state index contributed by atoms with van der Waals surface area (Å²) in [6.45, 7) is 1.87. The first kappa shape index (κ1) is 17.0. The maximum Gasteiger partial charge on any atom is 0.416 e. The molecule has 0 atom stereocenters. The number of hydrogen-bond donors (Lipinski definition) is 1. The molecule has 0 radical (unpaired) electrons. The Morgan fingerprint density at radius 2 is 1.67 bits per heavy atom. The fraction of sp³-hybridized carbons (Fsp3) is 0.105. The molecule has 1 N–H and O–H groups in total. The van der Waals surface area contributed by atoms with Crippen molar-refractivity contribution in [1.82, 2.24) is 19.5 Å². The summed E-state index contributed by atoms with van der Waals surface area (Å²) in [7, 11) is 0. The molecule has 136 valence electrons. The van der Waals surface area contributed by atoms with Crippen LogP contribution in [0.5, 0.6) is 0 Å². The highest BCUT2D eigenvalue weighted by atomic mass is 19.4. The zero-order valence-corrected chi connectivity index (χ0v) is 14.2. The highest BCUT2D eigenvalue weighted by Gasteiger charge is 2.29. The third kappa shape index (κ3) is 3.33. The number of para-hydroxylation sites is 2. The van der Waals surface area contributed by atoms with E-state index in [-0.39, 0.29) is 0 Å². The fourth-order valence-corrected chi connectivity index (χ4v) is 2.85. The average molecular weight is 369 g/mol. The van der Waals surface area contributed by atoms with Crippen molar-refractivity contribution in [3.63, 3.8) is 0 Å². The summed E-state index contributed by atoms with van der Waals surface area (Å²) in [6.07, 6.45) is -1.24. The van der Waals surface area contributed by atoms with E-state index in [0.29, 0.717) is 17.3 Å². The highest BCUT2D eigenvalue weighted by Crippen LogP contribution is 2.30. The molecule has 0 unspecified atom stereocenters. The van der Waals surface area contributed by atoms with Gasteiger partial charge in [0.2, 0.25) is 0 Å². The normalized spacial score (nSPS) is 11.7. The third-order valence-corrected chi connectivity index (χ3v) is 4.06. The number of benzene rings is 2. The summed E-state index contributed by atoms with van der Waals surface area (Å²) in [5.41, 5.74) is 1.53. The van der Waals surface area contributed by atoms with Gasteiger partial charge in [-0.15, -0.1) is 0 Å². The van der Waals surface area contributed by atoms with Gasteiger partial charge in [0.05, 0.1) is 29.0 Å². The van der Waals surface area contributed by atoms with E-state index in [1.165, 1.54) is 18.3 Å². The minimum atomic E-state index is -4.36. The van der Waals surface area contributed by atoms with Crippen LogP contribution in [0.2, 0.25) is 0 Å². The number of imidazole rings is 1. The summed E-state index contributed by atoms with van der Waals surface area (Å²) >= 11 is 0. The maximum absolute atomic E-state index is 12.7. The van der Waals surface area contributed by atoms with E-state index in [0.717, 1.165) is 29.0 Å². The van der Waals surface area contributed by atoms with Gasteiger partial charge in [0.25, 0.3) is 0 Å². The molecule has 0 saturated heterocycles. The van der Waals surface area contributed by atoms with E-state index in [9.17, 15) is 13.2 Å². The van der Waals surface area contributed by atoms with Crippen LogP contribution >= 0.6 is 0 Å². The Labute approximate surface area is 152 Å². The van der Waals surface area contributed by atoms with E-state index in [2.05, 4.69) is 20.3 Å². The van der Waals surface area contributed by atoms with Crippen LogP contribution in [-0.2, 0) is 6.18 Å². The Bertz CT molecular complexity index is 1100. The van der Waals surface area contributed by atoms with Crippen molar-refractivity contribution in [3.05, 3.63) is 72.3 Å². The van der Waals surface area contributed by atoms with Crippen LogP contribution < -0.4 is 5.32 Å². The van der Waals surface area contributed by atoms with Gasteiger partial charge in [-0.1, -0.05) is 12.1 Å². The predicted molar refractivity (Wildman–Crippen MR) is 96.1 cm³/mol. The molecule has 0 spiro atoms. The zero-order chi connectivity index (χ0) is 19.0. The summed E-state index contributed by atoms with van der Waals surface area (Å²) < 4.78 is 39.9. The van der Waals surface area contributed by atoms with Crippen molar-refractivity contribution in [2.45, 2.75) is 13.1 Å². The first-order valence-corrected chi connectivity index (χ1v) is 8.12. The standard InChI is InChI=1S/C19H14F3N5/c1-12-24-15-4-2-3-5-16(15)27(12)18-11-23-10-17(26-18)25-14-8-6-13(7-9-14)19(20,21)22/h2-11H,1H3,(H,25,26). The van der Waals surface area contributed by atoms with Crippen molar-refractivity contribution >= 4 is 22.5 Å². The SMILES string of the molecule is Cc1nc2ccccc2n1-c1cncc(Nc2ccc(C(F)(F)F)cc2)n1. The number of aryl methyl sites for hydroxylation is 1. The topological polar surface area (TPSA) is 55.6 Å². The molecule has 5 nitrogen and oxygen atoms in total. The van der Waals surface area contributed by atoms with Crippen LogP contribution in [0.1, 0.15) is 11.4 Å². The summed E-state index contributed by atoms with van der Waals surface area (Å²) in [4.78, 5) is 13.2.